The Morgan fingerprint density at radius 2 is 1.63 bits per heavy atom. The normalized spacial score (nSPS) is 11.2. The van der Waals surface area contributed by atoms with Crippen molar-refractivity contribution in [2.75, 3.05) is 0 Å². The number of nitrogens with zero attached hydrogens (tertiary/aromatic N) is 1. The third-order valence-electron chi connectivity index (χ3n) is 2.93. The summed E-state index contributed by atoms with van der Waals surface area (Å²) in [5.74, 6) is 0.563. The fourth-order valence-electron chi connectivity index (χ4n) is 1.79. The Labute approximate surface area is 114 Å². The van der Waals surface area contributed by atoms with Crippen LogP contribution in [0, 0.1) is 6.92 Å². The molecule has 96 valence electrons. The molecule has 0 N–H and O–H groups in total. The third-order valence-corrected chi connectivity index (χ3v) is 2.93. The van der Waals surface area contributed by atoms with Crippen molar-refractivity contribution in [1.82, 2.24) is 0 Å². The average Bonchev–Trinajstić information content (AvgIpc) is 2.46. The first kappa shape index (κ1) is 13.1. The van der Waals surface area contributed by atoms with E-state index in [-0.39, 0.29) is 0 Å². The van der Waals surface area contributed by atoms with E-state index in [9.17, 15) is 0 Å². The van der Waals surface area contributed by atoms with Crippen LogP contribution in [-0.2, 0) is 4.84 Å². The molecule has 2 nitrogen and oxygen atoms in total. The largest absolute Gasteiger partial charge is 0.357 e. The van der Waals surface area contributed by atoms with Crippen molar-refractivity contribution >= 4 is 11.5 Å². The van der Waals surface area contributed by atoms with Crippen LogP contribution in [0.3, 0.4) is 0 Å². The minimum Gasteiger partial charge on any atom is -0.357 e. The molecule has 0 fully saturated rings. The zero-order valence-electron chi connectivity index (χ0n) is 11.3. The van der Waals surface area contributed by atoms with Crippen LogP contribution in [0.15, 0.2) is 66.3 Å². The number of oxime groups is 1. The molecule has 0 heterocycles. The summed E-state index contributed by atoms with van der Waals surface area (Å²) in [6.45, 7) is 7.86. The standard InChI is InChI=1S/C17H17NO/c1-13-9-7-8-12-17(13)15(3)19-18-14(2)16-10-5-4-6-11-16/h4-12H,3H2,1-2H3/b18-14+. The summed E-state index contributed by atoms with van der Waals surface area (Å²) >= 11 is 0. The van der Waals surface area contributed by atoms with Gasteiger partial charge < -0.3 is 4.84 Å². The van der Waals surface area contributed by atoms with Gasteiger partial charge in [0.05, 0.1) is 5.71 Å². The van der Waals surface area contributed by atoms with Gasteiger partial charge in [-0.15, -0.1) is 0 Å². The maximum absolute atomic E-state index is 5.42. The molecule has 0 radical (unpaired) electrons. The Morgan fingerprint density at radius 1 is 1.00 bits per heavy atom. The molecule has 19 heavy (non-hydrogen) atoms. The minimum atomic E-state index is 0.563. The monoisotopic (exact) mass is 251 g/mol. The molecular weight excluding hydrogens is 234 g/mol. The molecule has 0 saturated carbocycles. The Morgan fingerprint density at radius 3 is 2.32 bits per heavy atom. The summed E-state index contributed by atoms with van der Waals surface area (Å²) in [7, 11) is 0. The lowest BCUT2D eigenvalue weighted by Gasteiger charge is -2.07. The van der Waals surface area contributed by atoms with Crippen molar-refractivity contribution in [1.29, 1.82) is 0 Å². The van der Waals surface area contributed by atoms with Gasteiger partial charge in [0, 0.05) is 5.56 Å². The van der Waals surface area contributed by atoms with Gasteiger partial charge in [-0.2, -0.15) is 0 Å². The zero-order valence-corrected chi connectivity index (χ0v) is 11.3. The maximum atomic E-state index is 5.42. The van der Waals surface area contributed by atoms with E-state index in [4.69, 9.17) is 4.84 Å². The number of benzene rings is 2. The first-order chi connectivity index (χ1) is 9.18. The van der Waals surface area contributed by atoms with Gasteiger partial charge in [-0.1, -0.05) is 66.3 Å². The zero-order chi connectivity index (χ0) is 13.7. The van der Waals surface area contributed by atoms with E-state index in [0.717, 1.165) is 22.4 Å². The second kappa shape index (κ2) is 6.01. The van der Waals surface area contributed by atoms with Crippen LogP contribution in [0.5, 0.6) is 0 Å². The first-order valence-corrected chi connectivity index (χ1v) is 6.20. The predicted octanol–water partition coefficient (Wildman–Crippen LogP) is 4.41. The second-order valence-corrected chi connectivity index (χ2v) is 4.37. The molecule has 0 aliphatic carbocycles. The lowest BCUT2D eigenvalue weighted by Crippen LogP contribution is -1.96. The van der Waals surface area contributed by atoms with Crippen LogP contribution in [0.25, 0.3) is 5.76 Å². The summed E-state index contributed by atoms with van der Waals surface area (Å²) in [5, 5.41) is 4.13. The molecular formula is C17H17NO. The van der Waals surface area contributed by atoms with E-state index < -0.39 is 0 Å². The molecule has 0 amide bonds. The van der Waals surface area contributed by atoms with Gasteiger partial charge in [0.15, 0.2) is 5.76 Å². The van der Waals surface area contributed by atoms with Gasteiger partial charge in [0.25, 0.3) is 0 Å². The van der Waals surface area contributed by atoms with Gasteiger partial charge in [-0.05, 0) is 25.0 Å². The number of hydrogen-bond acceptors (Lipinski definition) is 2. The molecule has 0 aliphatic heterocycles. The summed E-state index contributed by atoms with van der Waals surface area (Å²) in [5.41, 5.74) is 3.97. The molecule has 0 aromatic heterocycles. The van der Waals surface area contributed by atoms with Crippen molar-refractivity contribution < 1.29 is 4.84 Å². The minimum absolute atomic E-state index is 0.563. The van der Waals surface area contributed by atoms with Gasteiger partial charge in [0.1, 0.15) is 0 Å². The van der Waals surface area contributed by atoms with E-state index in [1.54, 1.807) is 0 Å². The van der Waals surface area contributed by atoms with Crippen LogP contribution >= 0.6 is 0 Å². The number of hydrogen-bond donors (Lipinski definition) is 0. The highest BCUT2D eigenvalue weighted by molar-refractivity contribution is 5.98. The van der Waals surface area contributed by atoms with Crippen LogP contribution in [0.2, 0.25) is 0 Å². The highest BCUT2D eigenvalue weighted by atomic mass is 16.6. The van der Waals surface area contributed by atoms with Crippen molar-refractivity contribution in [3.63, 3.8) is 0 Å². The van der Waals surface area contributed by atoms with E-state index in [0.29, 0.717) is 5.76 Å². The second-order valence-electron chi connectivity index (χ2n) is 4.37. The number of rotatable bonds is 4. The molecule has 2 rings (SSSR count). The highest BCUT2D eigenvalue weighted by Gasteiger charge is 2.03. The third kappa shape index (κ3) is 3.32. The van der Waals surface area contributed by atoms with Gasteiger partial charge in [-0.25, -0.2) is 0 Å². The Balaban J connectivity index is 2.11. The molecule has 0 spiro atoms. The highest BCUT2D eigenvalue weighted by Crippen LogP contribution is 2.18. The lowest BCUT2D eigenvalue weighted by atomic mass is 10.1. The Bertz CT molecular complexity index is 600. The van der Waals surface area contributed by atoms with Crippen LogP contribution in [0.1, 0.15) is 23.6 Å². The summed E-state index contributed by atoms with van der Waals surface area (Å²) < 4.78 is 0. The molecule has 2 heteroatoms. The quantitative estimate of drug-likeness (QED) is 0.448. The van der Waals surface area contributed by atoms with E-state index in [2.05, 4.69) is 11.7 Å². The van der Waals surface area contributed by atoms with Gasteiger partial charge in [0.2, 0.25) is 0 Å². The predicted molar refractivity (Wildman–Crippen MR) is 80.0 cm³/mol. The summed E-state index contributed by atoms with van der Waals surface area (Å²) in [6, 6.07) is 17.9. The Kier molecular flexibility index (Phi) is 4.14. The molecule has 0 saturated heterocycles. The summed E-state index contributed by atoms with van der Waals surface area (Å²) in [4.78, 5) is 5.42. The molecule has 0 aliphatic rings. The van der Waals surface area contributed by atoms with E-state index >= 15 is 0 Å². The van der Waals surface area contributed by atoms with Crippen molar-refractivity contribution in [2.45, 2.75) is 13.8 Å². The SMILES string of the molecule is C=C(O/N=C(\C)c1ccccc1)c1ccccc1C. The fourth-order valence-corrected chi connectivity index (χ4v) is 1.79. The fraction of sp³-hybridized carbons (Fsp3) is 0.118. The van der Waals surface area contributed by atoms with Crippen LogP contribution in [-0.4, -0.2) is 5.71 Å². The lowest BCUT2D eigenvalue weighted by molar-refractivity contribution is 0.299. The van der Waals surface area contributed by atoms with Crippen LogP contribution < -0.4 is 0 Å². The smallest absolute Gasteiger partial charge is 0.158 e. The maximum Gasteiger partial charge on any atom is 0.158 e. The number of aryl methyl sites for hydroxylation is 1. The van der Waals surface area contributed by atoms with Crippen molar-refractivity contribution in [2.24, 2.45) is 5.16 Å². The summed E-state index contributed by atoms with van der Waals surface area (Å²) in [6.07, 6.45) is 0. The average molecular weight is 251 g/mol. The molecule has 2 aromatic carbocycles. The topological polar surface area (TPSA) is 21.6 Å². The Hall–Kier alpha value is -2.35. The van der Waals surface area contributed by atoms with Gasteiger partial charge in [-0.3, -0.25) is 0 Å². The molecule has 0 bridgehead atoms. The van der Waals surface area contributed by atoms with Crippen LogP contribution in [0.4, 0.5) is 0 Å². The van der Waals surface area contributed by atoms with E-state index in [1.807, 2.05) is 68.4 Å². The molecule has 0 unspecified atom stereocenters. The van der Waals surface area contributed by atoms with Crippen molar-refractivity contribution in [3.8, 4) is 0 Å². The molecule has 2 aromatic rings. The van der Waals surface area contributed by atoms with E-state index in [1.165, 1.54) is 0 Å². The first-order valence-electron chi connectivity index (χ1n) is 6.20. The van der Waals surface area contributed by atoms with Crippen molar-refractivity contribution in [3.05, 3.63) is 77.9 Å². The van der Waals surface area contributed by atoms with Gasteiger partial charge >= 0.3 is 0 Å². The molecule has 0 atom stereocenters.